The number of carbonyl (C=O) groups excluding carboxylic acids is 1. The zero-order valence-electron chi connectivity index (χ0n) is 7.94. The molecule has 0 aliphatic carbocycles. The summed E-state index contributed by atoms with van der Waals surface area (Å²) in [6, 6.07) is 10.1. The second kappa shape index (κ2) is 4.09. The number of hydrogen-bond acceptors (Lipinski definition) is 2. The normalized spacial score (nSPS) is 15.4. The Hall–Kier alpha value is -1.57. The Bertz CT molecular complexity index is 343. The van der Waals surface area contributed by atoms with E-state index in [-0.39, 0.29) is 0 Å². The Morgan fingerprint density at radius 1 is 1.29 bits per heavy atom. The first-order valence-electron chi connectivity index (χ1n) is 4.77. The van der Waals surface area contributed by atoms with Gasteiger partial charge >= 0.3 is 0 Å². The Labute approximate surface area is 83.8 Å². The van der Waals surface area contributed by atoms with Crippen LogP contribution in [0.5, 0.6) is 0 Å². The minimum Gasteiger partial charge on any atom is -0.363 e. The lowest BCUT2D eigenvalue weighted by atomic mass is 10.1. The Kier molecular flexibility index (Phi) is 2.63. The molecule has 0 saturated carbocycles. The first-order chi connectivity index (χ1) is 6.92. The van der Waals surface area contributed by atoms with Gasteiger partial charge in [-0.2, -0.15) is 0 Å². The monoisotopic (exact) mass is 186 g/mol. The molecule has 0 atom stereocenters. The van der Waals surface area contributed by atoms with E-state index in [0.29, 0.717) is 6.54 Å². The highest BCUT2D eigenvalue weighted by Crippen LogP contribution is 2.24. The SMILES string of the molecule is O=[C]CN1CCC=C1c1ccccc1. The molecule has 0 saturated heterocycles. The number of nitrogens with zero attached hydrogens (tertiary/aromatic N) is 1. The molecule has 1 aliphatic heterocycles. The summed E-state index contributed by atoms with van der Waals surface area (Å²) >= 11 is 0. The molecule has 0 fully saturated rings. The quantitative estimate of drug-likeness (QED) is 0.718. The van der Waals surface area contributed by atoms with Crippen LogP contribution in [0.15, 0.2) is 36.4 Å². The molecule has 14 heavy (non-hydrogen) atoms. The van der Waals surface area contributed by atoms with Gasteiger partial charge in [-0.1, -0.05) is 36.4 Å². The minimum absolute atomic E-state index is 0.376. The lowest BCUT2D eigenvalue weighted by Gasteiger charge is -2.19. The molecule has 0 N–H and O–H groups in total. The summed E-state index contributed by atoms with van der Waals surface area (Å²) in [4.78, 5) is 12.4. The Balaban J connectivity index is 2.22. The van der Waals surface area contributed by atoms with Gasteiger partial charge in [0.2, 0.25) is 6.29 Å². The number of rotatable bonds is 3. The second-order valence-corrected chi connectivity index (χ2v) is 3.31. The van der Waals surface area contributed by atoms with E-state index in [0.717, 1.165) is 18.7 Å². The van der Waals surface area contributed by atoms with Crippen molar-refractivity contribution in [2.75, 3.05) is 13.1 Å². The summed E-state index contributed by atoms with van der Waals surface area (Å²) in [7, 11) is 0. The van der Waals surface area contributed by atoms with Gasteiger partial charge in [0.25, 0.3) is 0 Å². The van der Waals surface area contributed by atoms with Gasteiger partial charge in [0.15, 0.2) is 0 Å². The summed E-state index contributed by atoms with van der Waals surface area (Å²) in [5.74, 6) is 0. The van der Waals surface area contributed by atoms with Crippen molar-refractivity contribution >= 4 is 12.0 Å². The van der Waals surface area contributed by atoms with Gasteiger partial charge in [-0.25, -0.2) is 0 Å². The second-order valence-electron chi connectivity index (χ2n) is 3.31. The van der Waals surface area contributed by atoms with E-state index in [4.69, 9.17) is 0 Å². The van der Waals surface area contributed by atoms with Crippen molar-refractivity contribution < 1.29 is 4.79 Å². The minimum atomic E-state index is 0.376. The first kappa shape index (κ1) is 9.00. The molecule has 1 aromatic rings. The molecular formula is C12H12NO. The van der Waals surface area contributed by atoms with Crippen LogP contribution in [0.4, 0.5) is 0 Å². The zero-order valence-corrected chi connectivity index (χ0v) is 7.94. The lowest BCUT2D eigenvalue weighted by molar-refractivity contribution is 0.459. The third kappa shape index (κ3) is 1.69. The fourth-order valence-electron chi connectivity index (χ4n) is 1.76. The molecule has 0 bridgehead atoms. The van der Waals surface area contributed by atoms with Gasteiger partial charge in [-0.05, 0) is 12.0 Å². The predicted octanol–water partition coefficient (Wildman–Crippen LogP) is 1.84. The third-order valence-electron chi connectivity index (χ3n) is 2.40. The highest BCUT2D eigenvalue weighted by molar-refractivity contribution is 5.68. The molecule has 1 radical (unpaired) electrons. The molecule has 2 nitrogen and oxygen atoms in total. The van der Waals surface area contributed by atoms with Crippen LogP contribution in [0.25, 0.3) is 5.70 Å². The van der Waals surface area contributed by atoms with E-state index in [1.54, 1.807) is 0 Å². The predicted molar refractivity (Wildman–Crippen MR) is 56.3 cm³/mol. The molecule has 1 heterocycles. The van der Waals surface area contributed by atoms with Gasteiger partial charge in [-0.15, -0.1) is 0 Å². The number of benzene rings is 1. The van der Waals surface area contributed by atoms with Gasteiger partial charge in [0.05, 0.1) is 6.54 Å². The van der Waals surface area contributed by atoms with E-state index in [1.165, 1.54) is 5.56 Å². The molecule has 0 spiro atoms. The maximum absolute atomic E-state index is 10.3. The van der Waals surface area contributed by atoms with Crippen LogP contribution < -0.4 is 0 Å². The molecule has 1 aliphatic rings. The molecule has 2 heteroatoms. The van der Waals surface area contributed by atoms with Crippen molar-refractivity contribution in [1.82, 2.24) is 4.90 Å². The summed E-state index contributed by atoms with van der Waals surface area (Å²) in [6.45, 7) is 1.31. The van der Waals surface area contributed by atoms with E-state index in [9.17, 15) is 4.79 Å². The highest BCUT2D eigenvalue weighted by Gasteiger charge is 2.15. The van der Waals surface area contributed by atoms with Crippen LogP contribution in [0, 0.1) is 0 Å². The standard InChI is InChI=1S/C12H12NO/c14-10-9-13-8-4-7-12(13)11-5-2-1-3-6-11/h1-3,5-7H,4,8-9H2. The van der Waals surface area contributed by atoms with Gasteiger partial charge in [-0.3, -0.25) is 4.79 Å². The summed E-state index contributed by atoms with van der Waals surface area (Å²) in [5, 5.41) is 0. The van der Waals surface area contributed by atoms with Crippen molar-refractivity contribution in [3.05, 3.63) is 42.0 Å². The van der Waals surface area contributed by atoms with Crippen LogP contribution in [0.2, 0.25) is 0 Å². The molecule has 0 amide bonds. The largest absolute Gasteiger partial charge is 0.363 e. The van der Waals surface area contributed by atoms with Crippen LogP contribution in [0.3, 0.4) is 0 Å². The fraction of sp³-hybridized carbons (Fsp3) is 0.250. The molecular weight excluding hydrogens is 174 g/mol. The van der Waals surface area contributed by atoms with E-state index in [2.05, 4.69) is 23.1 Å². The van der Waals surface area contributed by atoms with E-state index in [1.807, 2.05) is 24.5 Å². The Morgan fingerprint density at radius 3 is 2.79 bits per heavy atom. The molecule has 0 aromatic heterocycles. The van der Waals surface area contributed by atoms with Gasteiger partial charge in [0, 0.05) is 12.2 Å². The molecule has 71 valence electrons. The zero-order chi connectivity index (χ0) is 9.80. The maximum Gasteiger partial charge on any atom is 0.219 e. The van der Waals surface area contributed by atoms with Crippen molar-refractivity contribution in [3.63, 3.8) is 0 Å². The van der Waals surface area contributed by atoms with E-state index < -0.39 is 0 Å². The van der Waals surface area contributed by atoms with Gasteiger partial charge in [0.1, 0.15) is 0 Å². The maximum atomic E-state index is 10.3. The smallest absolute Gasteiger partial charge is 0.219 e. The fourth-order valence-corrected chi connectivity index (χ4v) is 1.76. The lowest BCUT2D eigenvalue weighted by Crippen LogP contribution is -2.20. The summed E-state index contributed by atoms with van der Waals surface area (Å²) in [5.41, 5.74) is 2.34. The van der Waals surface area contributed by atoms with Crippen LogP contribution >= 0.6 is 0 Å². The van der Waals surface area contributed by atoms with Crippen molar-refractivity contribution in [2.24, 2.45) is 0 Å². The average Bonchev–Trinajstić information content (AvgIpc) is 2.68. The molecule has 0 unspecified atom stereocenters. The van der Waals surface area contributed by atoms with Gasteiger partial charge < -0.3 is 4.90 Å². The summed E-state index contributed by atoms with van der Waals surface area (Å²) in [6.07, 6.45) is 5.14. The third-order valence-corrected chi connectivity index (χ3v) is 2.40. The summed E-state index contributed by atoms with van der Waals surface area (Å²) < 4.78 is 0. The number of hydrogen-bond donors (Lipinski definition) is 0. The van der Waals surface area contributed by atoms with Crippen molar-refractivity contribution in [2.45, 2.75) is 6.42 Å². The van der Waals surface area contributed by atoms with Crippen LogP contribution in [0.1, 0.15) is 12.0 Å². The Morgan fingerprint density at radius 2 is 2.07 bits per heavy atom. The molecule has 1 aromatic carbocycles. The average molecular weight is 186 g/mol. The highest BCUT2D eigenvalue weighted by atomic mass is 16.1. The van der Waals surface area contributed by atoms with E-state index >= 15 is 0 Å². The van der Waals surface area contributed by atoms with Crippen molar-refractivity contribution in [1.29, 1.82) is 0 Å². The first-order valence-corrected chi connectivity index (χ1v) is 4.77. The topological polar surface area (TPSA) is 20.3 Å². The molecule has 2 rings (SSSR count). The van der Waals surface area contributed by atoms with Crippen LogP contribution in [-0.4, -0.2) is 24.3 Å². The van der Waals surface area contributed by atoms with Crippen molar-refractivity contribution in [3.8, 4) is 0 Å². The van der Waals surface area contributed by atoms with Crippen LogP contribution in [-0.2, 0) is 4.79 Å².